The fraction of sp³-hybridized carbons (Fsp3) is 0.310. The highest BCUT2D eigenvalue weighted by molar-refractivity contribution is 7.91. The number of alkyl halides is 2. The zero-order valence-electron chi connectivity index (χ0n) is 22.2. The first-order valence-corrected chi connectivity index (χ1v) is 15.1. The molecule has 1 amide bonds. The van der Waals surface area contributed by atoms with Crippen LogP contribution in [0.3, 0.4) is 0 Å². The van der Waals surface area contributed by atoms with E-state index in [9.17, 15) is 22.0 Å². The number of carbonyl (C=O) groups excluding carboxylic acids is 1. The van der Waals surface area contributed by atoms with Crippen LogP contribution < -0.4 is 15.0 Å². The Balaban J connectivity index is 1.11. The lowest BCUT2D eigenvalue weighted by atomic mass is 10.1. The average molecular weight is 594 g/mol. The normalized spacial score (nSPS) is 20.1. The van der Waals surface area contributed by atoms with Crippen molar-refractivity contribution in [1.29, 1.82) is 0 Å². The number of hydrogen-bond donors (Lipinski definition) is 1. The highest BCUT2D eigenvalue weighted by Crippen LogP contribution is 2.55. The number of aromatic nitrogens is 3. The Labute approximate surface area is 239 Å². The van der Waals surface area contributed by atoms with Crippen molar-refractivity contribution in [2.24, 2.45) is 0 Å². The Morgan fingerprint density at radius 3 is 2.79 bits per heavy atom. The summed E-state index contributed by atoms with van der Waals surface area (Å²) >= 11 is 0. The summed E-state index contributed by atoms with van der Waals surface area (Å²) in [5.41, 5.74) is 2.26. The Hall–Kier alpha value is -4.23. The molecule has 1 aliphatic carbocycles. The first-order valence-electron chi connectivity index (χ1n) is 13.4. The van der Waals surface area contributed by atoms with Crippen LogP contribution in [0.15, 0.2) is 59.6 Å². The van der Waals surface area contributed by atoms with Gasteiger partial charge in [-0.05, 0) is 48.0 Å². The average Bonchev–Trinajstić information content (AvgIpc) is 3.67. The van der Waals surface area contributed by atoms with Gasteiger partial charge in [-0.2, -0.15) is 0 Å². The number of ether oxygens (including phenoxy) is 2. The molecule has 1 fully saturated rings. The predicted octanol–water partition coefficient (Wildman–Crippen LogP) is 3.91. The van der Waals surface area contributed by atoms with Gasteiger partial charge in [0.1, 0.15) is 12.4 Å². The quantitative estimate of drug-likeness (QED) is 0.367. The zero-order valence-corrected chi connectivity index (χ0v) is 23.0. The van der Waals surface area contributed by atoms with E-state index in [4.69, 9.17) is 14.5 Å². The van der Waals surface area contributed by atoms with E-state index in [0.29, 0.717) is 53.0 Å². The highest BCUT2D eigenvalue weighted by atomic mass is 32.2. The van der Waals surface area contributed by atoms with Crippen LogP contribution in [0.1, 0.15) is 39.6 Å². The van der Waals surface area contributed by atoms with Gasteiger partial charge in [0.15, 0.2) is 21.4 Å². The van der Waals surface area contributed by atoms with Gasteiger partial charge in [0, 0.05) is 23.6 Å². The summed E-state index contributed by atoms with van der Waals surface area (Å²) in [4.78, 5) is 28.6. The molecule has 10 nitrogen and oxygen atoms in total. The number of amides is 1. The van der Waals surface area contributed by atoms with Crippen LogP contribution in [0.4, 0.5) is 20.4 Å². The number of benzene rings is 1. The number of nitrogens with one attached hydrogen (secondary N) is 1. The van der Waals surface area contributed by atoms with Crippen molar-refractivity contribution >= 4 is 38.3 Å². The molecule has 0 unspecified atom stereocenters. The van der Waals surface area contributed by atoms with Crippen LogP contribution in [0, 0.1) is 0 Å². The van der Waals surface area contributed by atoms with E-state index in [-0.39, 0.29) is 42.4 Å². The van der Waals surface area contributed by atoms with Crippen LogP contribution in [0.25, 0.3) is 10.9 Å². The van der Waals surface area contributed by atoms with E-state index in [1.807, 2.05) is 17.0 Å². The van der Waals surface area contributed by atoms with Gasteiger partial charge < -0.3 is 19.7 Å². The molecular formula is C29H25F2N5O5S. The molecule has 13 heteroatoms. The number of halogens is 2. The van der Waals surface area contributed by atoms with Gasteiger partial charge in [-0.3, -0.25) is 9.78 Å². The summed E-state index contributed by atoms with van der Waals surface area (Å²) < 4.78 is 63.7. The van der Waals surface area contributed by atoms with Gasteiger partial charge in [-0.25, -0.2) is 27.2 Å². The number of sulfone groups is 1. The monoisotopic (exact) mass is 593 g/mol. The first-order chi connectivity index (χ1) is 20.2. The minimum Gasteiger partial charge on any atom is -0.488 e. The van der Waals surface area contributed by atoms with E-state index >= 15 is 0 Å². The minimum atomic E-state index is -3.54. The lowest BCUT2D eigenvalue weighted by Crippen LogP contribution is -2.30. The Morgan fingerprint density at radius 2 is 1.95 bits per heavy atom. The van der Waals surface area contributed by atoms with E-state index in [1.165, 1.54) is 6.07 Å². The predicted molar refractivity (Wildman–Crippen MR) is 148 cm³/mol. The Morgan fingerprint density at radius 1 is 1.10 bits per heavy atom. The summed E-state index contributed by atoms with van der Waals surface area (Å²) in [7, 11) is -3.54. The maximum Gasteiger partial charge on any atom is 0.257 e. The second-order valence-electron chi connectivity index (χ2n) is 10.5. The lowest BCUT2D eigenvalue weighted by molar-refractivity contribution is 0.0949. The standard InChI is InChI=1S/C29H25F2N5O5S/c30-29(31)13-21(29)22-4-5-24-27(35-22)36(7-8-41-24)26-6-3-18-14-32-20(12-23(18)34-26)15-33-28(37)17-1-2-19-16-40-9-10-42(38,39)25(19)11-17/h1-6,11-12,14,21H,7-10,13,15-16H2,(H,33,37)/t21-/m1/s1. The molecule has 5 heterocycles. The maximum absolute atomic E-state index is 13.7. The van der Waals surface area contributed by atoms with Crippen molar-refractivity contribution in [1.82, 2.24) is 20.3 Å². The Kier molecular flexibility index (Phi) is 6.31. The number of rotatable bonds is 5. The second-order valence-corrected chi connectivity index (χ2v) is 12.6. The lowest BCUT2D eigenvalue weighted by Gasteiger charge is -2.29. The molecule has 3 aromatic heterocycles. The van der Waals surface area contributed by atoms with Crippen molar-refractivity contribution < 1.29 is 31.5 Å². The molecule has 3 aliphatic rings. The smallest absolute Gasteiger partial charge is 0.257 e. The molecule has 1 N–H and O–H groups in total. The molecular weight excluding hydrogens is 568 g/mol. The van der Waals surface area contributed by atoms with Gasteiger partial charge in [0.05, 0.1) is 59.8 Å². The summed E-state index contributed by atoms with van der Waals surface area (Å²) in [6, 6.07) is 13.3. The maximum atomic E-state index is 13.7. The fourth-order valence-electron chi connectivity index (χ4n) is 5.19. The van der Waals surface area contributed by atoms with Crippen molar-refractivity contribution in [3.63, 3.8) is 0 Å². The van der Waals surface area contributed by atoms with Gasteiger partial charge in [0.25, 0.3) is 11.8 Å². The molecule has 42 heavy (non-hydrogen) atoms. The number of anilines is 2. The third kappa shape index (κ3) is 4.92. The molecule has 0 radical (unpaired) electrons. The summed E-state index contributed by atoms with van der Waals surface area (Å²) in [6.45, 7) is 1.21. The largest absolute Gasteiger partial charge is 0.488 e. The van der Waals surface area contributed by atoms with Gasteiger partial charge in [-0.15, -0.1) is 0 Å². The van der Waals surface area contributed by atoms with E-state index < -0.39 is 27.6 Å². The van der Waals surface area contributed by atoms with Crippen LogP contribution >= 0.6 is 0 Å². The van der Waals surface area contributed by atoms with Crippen molar-refractivity contribution in [3.05, 3.63) is 77.2 Å². The zero-order chi connectivity index (χ0) is 29.1. The third-order valence-corrected chi connectivity index (χ3v) is 9.37. The Bertz CT molecular complexity index is 1850. The molecule has 0 bridgehead atoms. The topological polar surface area (TPSA) is 124 Å². The molecule has 0 saturated heterocycles. The minimum absolute atomic E-state index is 0.0918. The van der Waals surface area contributed by atoms with Crippen LogP contribution in [0.2, 0.25) is 0 Å². The summed E-state index contributed by atoms with van der Waals surface area (Å²) in [5.74, 6) is -2.65. The molecule has 1 atom stereocenters. The summed E-state index contributed by atoms with van der Waals surface area (Å²) in [6.07, 6.45) is 1.45. The molecule has 1 saturated carbocycles. The highest BCUT2D eigenvalue weighted by Gasteiger charge is 2.58. The van der Waals surface area contributed by atoms with E-state index in [2.05, 4.69) is 15.3 Å². The van der Waals surface area contributed by atoms with Crippen molar-refractivity contribution in [3.8, 4) is 5.75 Å². The number of hydrogen-bond acceptors (Lipinski definition) is 9. The van der Waals surface area contributed by atoms with Crippen LogP contribution in [0.5, 0.6) is 5.75 Å². The SMILES string of the molecule is O=C(NCc1cc2nc(N3CCOc4ccc([C@H]5CC5(F)F)nc43)ccc2cn1)c1ccc2c(c1)S(=O)(=O)CCOC2. The van der Waals surface area contributed by atoms with E-state index in [0.717, 1.165) is 5.39 Å². The van der Waals surface area contributed by atoms with Crippen LogP contribution in [-0.4, -0.2) is 60.7 Å². The molecule has 0 spiro atoms. The van der Waals surface area contributed by atoms with E-state index in [1.54, 1.807) is 36.5 Å². The molecule has 2 aliphatic heterocycles. The molecule has 1 aromatic carbocycles. The third-order valence-electron chi connectivity index (χ3n) is 7.61. The van der Waals surface area contributed by atoms with Gasteiger partial charge in [-0.1, -0.05) is 6.07 Å². The van der Waals surface area contributed by atoms with Crippen molar-refractivity contribution in [2.45, 2.75) is 36.3 Å². The number of pyridine rings is 3. The number of carbonyl (C=O) groups is 1. The molecule has 7 rings (SSSR count). The number of fused-ring (bicyclic) bond motifs is 3. The van der Waals surface area contributed by atoms with Gasteiger partial charge in [0.2, 0.25) is 0 Å². The first kappa shape index (κ1) is 26.7. The molecule has 216 valence electrons. The summed E-state index contributed by atoms with van der Waals surface area (Å²) in [5, 5.41) is 3.57. The van der Waals surface area contributed by atoms with Crippen LogP contribution in [-0.2, 0) is 27.7 Å². The molecule has 4 aromatic rings. The van der Waals surface area contributed by atoms with Gasteiger partial charge >= 0.3 is 0 Å². The number of nitrogens with zero attached hydrogens (tertiary/aromatic N) is 4. The fourth-order valence-corrected chi connectivity index (χ4v) is 6.58. The second kappa shape index (κ2) is 9.95. The van der Waals surface area contributed by atoms with Crippen molar-refractivity contribution in [2.75, 3.05) is 30.4 Å².